The summed E-state index contributed by atoms with van der Waals surface area (Å²) in [5.74, 6) is 0. The molecule has 0 bridgehead atoms. The van der Waals surface area contributed by atoms with Crippen molar-refractivity contribution in [3.63, 3.8) is 0 Å². The van der Waals surface area contributed by atoms with E-state index in [2.05, 4.69) is 36.3 Å². The van der Waals surface area contributed by atoms with Crippen molar-refractivity contribution in [1.29, 1.82) is 0 Å². The van der Waals surface area contributed by atoms with Gasteiger partial charge in [0.05, 0.1) is 0 Å². The van der Waals surface area contributed by atoms with E-state index >= 15 is 0 Å². The lowest BCUT2D eigenvalue weighted by Crippen LogP contribution is -2.08. The Morgan fingerprint density at radius 3 is 2.64 bits per heavy atom. The molecule has 1 aromatic heterocycles. The molecule has 1 N–H and O–H groups in total. The van der Waals surface area contributed by atoms with Crippen LogP contribution in [0.3, 0.4) is 0 Å². The molecule has 1 heterocycles. The average molecular weight is 171 g/mol. The van der Waals surface area contributed by atoms with E-state index in [9.17, 15) is 0 Å². The Bertz CT molecular complexity index is 219. The van der Waals surface area contributed by atoms with Crippen LogP contribution in [0.5, 0.6) is 0 Å². The zero-order chi connectivity index (χ0) is 8.27. The normalized spacial score (nSPS) is 10.5. The summed E-state index contributed by atoms with van der Waals surface area (Å²) in [7, 11) is 0. The van der Waals surface area contributed by atoms with Gasteiger partial charge < -0.3 is 5.32 Å². The SMILES string of the molecule is CCc1nnc(NC(C)C)s1. The summed E-state index contributed by atoms with van der Waals surface area (Å²) < 4.78 is 0. The van der Waals surface area contributed by atoms with Crippen LogP contribution in [0.15, 0.2) is 0 Å². The summed E-state index contributed by atoms with van der Waals surface area (Å²) in [6, 6.07) is 0.438. The lowest BCUT2D eigenvalue weighted by atomic mass is 10.4. The molecule has 0 amide bonds. The topological polar surface area (TPSA) is 37.8 Å². The van der Waals surface area contributed by atoms with Crippen molar-refractivity contribution < 1.29 is 0 Å². The molecule has 0 fully saturated rings. The van der Waals surface area contributed by atoms with E-state index in [0.29, 0.717) is 6.04 Å². The van der Waals surface area contributed by atoms with E-state index in [1.165, 1.54) is 0 Å². The molecule has 0 unspecified atom stereocenters. The number of hydrogen-bond acceptors (Lipinski definition) is 4. The third-order valence-electron chi connectivity index (χ3n) is 1.18. The van der Waals surface area contributed by atoms with Gasteiger partial charge in [-0.15, -0.1) is 10.2 Å². The maximum atomic E-state index is 3.99. The van der Waals surface area contributed by atoms with E-state index in [-0.39, 0.29) is 0 Å². The summed E-state index contributed by atoms with van der Waals surface area (Å²) in [5.41, 5.74) is 0. The zero-order valence-electron chi connectivity index (χ0n) is 7.09. The van der Waals surface area contributed by atoms with Gasteiger partial charge in [0.2, 0.25) is 5.13 Å². The molecule has 0 aliphatic rings. The molecule has 11 heavy (non-hydrogen) atoms. The molecule has 1 aromatic rings. The number of anilines is 1. The number of aryl methyl sites for hydroxylation is 1. The summed E-state index contributed by atoms with van der Waals surface area (Å²) >= 11 is 1.63. The van der Waals surface area contributed by atoms with Crippen LogP contribution in [0.1, 0.15) is 25.8 Å². The van der Waals surface area contributed by atoms with Crippen molar-refractivity contribution in [1.82, 2.24) is 10.2 Å². The standard InChI is InChI=1S/C7H13N3S/c1-4-6-9-10-7(11-6)8-5(2)3/h5H,4H2,1-3H3,(H,8,10). The first-order valence-corrected chi connectivity index (χ1v) is 4.63. The Hall–Kier alpha value is -0.640. The third kappa shape index (κ3) is 2.46. The second kappa shape index (κ2) is 3.67. The van der Waals surface area contributed by atoms with Crippen molar-refractivity contribution in [2.45, 2.75) is 33.2 Å². The van der Waals surface area contributed by atoms with Gasteiger partial charge in [-0.25, -0.2) is 0 Å². The number of nitrogens with zero attached hydrogens (tertiary/aromatic N) is 2. The summed E-state index contributed by atoms with van der Waals surface area (Å²) in [5, 5.41) is 13.2. The minimum absolute atomic E-state index is 0.438. The van der Waals surface area contributed by atoms with Crippen molar-refractivity contribution >= 4 is 16.5 Å². The largest absolute Gasteiger partial charge is 0.358 e. The van der Waals surface area contributed by atoms with Gasteiger partial charge in [0, 0.05) is 6.04 Å². The van der Waals surface area contributed by atoms with Crippen LogP contribution in [0, 0.1) is 0 Å². The van der Waals surface area contributed by atoms with Gasteiger partial charge in [-0.05, 0) is 20.3 Å². The van der Waals surface area contributed by atoms with Crippen molar-refractivity contribution in [3.8, 4) is 0 Å². The van der Waals surface area contributed by atoms with Crippen LogP contribution in [0.4, 0.5) is 5.13 Å². The molecule has 0 aromatic carbocycles. The molecular weight excluding hydrogens is 158 g/mol. The number of aromatic nitrogens is 2. The number of hydrogen-bond donors (Lipinski definition) is 1. The van der Waals surface area contributed by atoms with Gasteiger partial charge in [-0.2, -0.15) is 0 Å². The predicted octanol–water partition coefficient (Wildman–Crippen LogP) is 1.92. The van der Waals surface area contributed by atoms with Crippen LogP contribution in [0.2, 0.25) is 0 Å². The summed E-state index contributed by atoms with van der Waals surface area (Å²) in [6.07, 6.45) is 0.970. The zero-order valence-corrected chi connectivity index (χ0v) is 7.90. The lowest BCUT2D eigenvalue weighted by Gasteiger charge is -2.02. The maximum Gasteiger partial charge on any atom is 0.205 e. The highest BCUT2D eigenvalue weighted by Gasteiger charge is 2.01. The summed E-state index contributed by atoms with van der Waals surface area (Å²) in [4.78, 5) is 0. The second-order valence-corrected chi connectivity index (χ2v) is 3.72. The molecule has 4 heteroatoms. The Labute approximate surface area is 70.9 Å². The Kier molecular flexibility index (Phi) is 2.82. The van der Waals surface area contributed by atoms with E-state index in [0.717, 1.165) is 16.6 Å². The summed E-state index contributed by atoms with van der Waals surface area (Å²) in [6.45, 7) is 6.26. The van der Waals surface area contributed by atoms with Gasteiger partial charge in [-0.3, -0.25) is 0 Å². The van der Waals surface area contributed by atoms with Crippen molar-refractivity contribution in [2.24, 2.45) is 0 Å². The van der Waals surface area contributed by atoms with Crippen LogP contribution in [0.25, 0.3) is 0 Å². The number of nitrogens with one attached hydrogen (secondary N) is 1. The fraction of sp³-hybridized carbons (Fsp3) is 0.714. The molecule has 0 aliphatic carbocycles. The molecular formula is C7H13N3S. The molecule has 0 saturated carbocycles. The van der Waals surface area contributed by atoms with E-state index in [4.69, 9.17) is 0 Å². The Balaban J connectivity index is 2.58. The van der Waals surface area contributed by atoms with Crippen molar-refractivity contribution in [2.75, 3.05) is 5.32 Å². The highest BCUT2D eigenvalue weighted by atomic mass is 32.1. The van der Waals surface area contributed by atoms with Crippen LogP contribution in [-0.4, -0.2) is 16.2 Å². The average Bonchev–Trinajstić information content (AvgIpc) is 2.34. The number of rotatable bonds is 3. The van der Waals surface area contributed by atoms with Crippen LogP contribution >= 0.6 is 11.3 Å². The molecule has 3 nitrogen and oxygen atoms in total. The molecule has 1 rings (SSSR count). The van der Waals surface area contributed by atoms with Crippen molar-refractivity contribution in [3.05, 3.63) is 5.01 Å². The monoisotopic (exact) mass is 171 g/mol. The lowest BCUT2D eigenvalue weighted by molar-refractivity contribution is 0.883. The second-order valence-electron chi connectivity index (χ2n) is 2.65. The first kappa shape index (κ1) is 8.46. The molecule has 0 atom stereocenters. The quantitative estimate of drug-likeness (QED) is 0.755. The van der Waals surface area contributed by atoms with Gasteiger partial charge >= 0.3 is 0 Å². The fourth-order valence-corrected chi connectivity index (χ4v) is 1.53. The Morgan fingerprint density at radius 1 is 1.45 bits per heavy atom. The van der Waals surface area contributed by atoms with Gasteiger partial charge in [0.1, 0.15) is 5.01 Å². The van der Waals surface area contributed by atoms with Gasteiger partial charge in [0.15, 0.2) is 0 Å². The minimum Gasteiger partial charge on any atom is -0.358 e. The van der Waals surface area contributed by atoms with E-state index in [1.807, 2.05) is 0 Å². The van der Waals surface area contributed by atoms with Gasteiger partial charge in [0.25, 0.3) is 0 Å². The molecule has 0 saturated heterocycles. The van der Waals surface area contributed by atoms with E-state index < -0.39 is 0 Å². The highest BCUT2D eigenvalue weighted by molar-refractivity contribution is 7.15. The fourth-order valence-electron chi connectivity index (χ4n) is 0.702. The van der Waals surface area contributed by atoms with E-state index in [1.54, 1.807) is 11.3 Å². The van der Waals surface area contributed by atoms with Crippen LogP contribution in [-0.2, 0) is 6.42 Å². The first-order chi connectivity index (χ1) is 5.22. The van der Waals surface area contributed by atoms with Crippen LogP contribution < -0.4 is 5.32 Å². The maximum absolute atomic E-state index is 3.99. The smallest absolute Gasteiger partial charge is 0.205 e. The molecule has 62 valence electrons. The molecule has 0 spiro atoms. The molecule has 0 aliphatic heterocycles. The highest BCUT2D eigenvalue weighted by Crippen LogP contribution is 2.15. The first-order valence-electron chi connectivity index (χ1n) is 3.81. The molecule has 0 radical (unpaired) electrons. The Morgan fingerprint density at radius 2 is 2.18 bits per heavy atom. The van der Waals surface area contributed by atoms with Gasteiger partial charge in [-0.1, -0.05) is 18.3 Å². The minimum atomic E-state index is 0.438. The predicted molar refractivity (Wildman–Crippen MR) is 48.0 cm³/mol. The third-order valence-corrected chi connectivity index (χ3v) is 2.18.